The molecule has 1 N–H and O–H groups in total. The molecule has 0 bridgehead atoms. The zero-order chi connectivity index (χ0) is 21.4. The predicted octanol–water partition coefficient (Wildman–Crippen LogP) is 7.51. The molecule has 1 unspecified atom stereocenters. The maximum atomic E-state index is 13.5. The Morgan fingerprint density at radius 3 is 2.50 bits per heavy atom. The van der Waals surface area contributed by atoms with E-state index in [1.165, 1.54) is 16.3 Å². The van der Waals surface area contributed by atoms with Gasteiger partial charge in [0.15, 0.2) is 0 Å². The fraction of sp³-hybridized carbons (Fsp3) is 0.0357. The zero-order valence-corrected chi connectivity index (χ0v) is 18.6. The van der Waals surface area contributed by atoms with Gasteiger partial charge in [-0.25, -0.2) is 0 Å². The minimum Gasteiger partial charge on any atom is -0.359 e. The number of nitrogens with one attached hydrogen (secondary N) is 1. The molecule has 2 aliphatic rings. The molecule has 1 atom stereocenters. The average Bonchev–Trinajstić information content (AvgIpc) is 3.22. The van der Waals surface area contributed by atoms with E-state index in [1.807, 2.05) is 17.0 Å². The second kappa shape index (κ2) is 6.44. The lowest BCUT2D eigenvalue weighted by Crippen LogP contribution is -2.37. The van der Waals surface area contributed by atoms with Gasteiger partial charge in [0, 0.05) is 21.0 Å². The van der Waals surface area contributed by atoms with Crippen molar-refractivity contribution < 1.29 is 4.79 Å². The van der Waals surface area contributed by atoms with Crippen LogP contribution in [0.5, 0.6) is 0 Å². The Kier molecular flexibility index (Phi) is 3.62. The number of carbonyl (C=O) groups is 1. The molecule has 0 saturated carbocycles. The van der Waals surface area contributed by atoms with E-state index < -0.39 is 0 Å². The van der Waals surface area contributed by atoms with Crippen molar-refractivity contribution >= 4 is 54.8 Å². The number of rotatable bonds is 1. The molecule has 0 saturated heterocycles. The molecule has 0 spiro atoms. The van der Waals surface area contributed by atoms with Gasteiger partial charge in [0.25, 0.3) is 5.91 Å². The van der Waals surface area contributed by atoms with Crippen molar-refractivity contribution in [2.75, 3.05) is 10.2 Å². The van der Waals surface area contributed by atoms with Gasteiger partial charge in [-0.1, -0.05) is 76.6 Å². The van der Waals surface area contributed by atoms with Crippen LogP contribution in [0.25, 0.3) is 32.7 Å². The molecule has 5 aromatic rings. The number of nitrogens with zero attached hydrogens (tertiary/aromatic N) is 1. The summed E-state index contributed by atoms with van der Waals surface area (Å²) in [6.07, 6.45) is -0.199. The molecule has 0 radical (unpaired) electrons. The van der Waals surface area contributed by atoms with Crippen molar-refractivity contribution in [2.45, 2.75) is 6.17 Å². The summed E-state index contributed by atoms with van der Waals surface area (Å²) in [5, 5.41) is 8.18. The van der Waals surface area contributed by atoms with Gasteiger partial charge in [-0.2, -0.15) is 0 Å². The first-order chi connectivity index (χ1) is 15.7. The molecule has 2 heterocycles. The van der Waals surface area contributed by atoms with Crippen molar-refractivity contribution in [3.8, 4) is 11.1 Å². The van der Waals surface area contributed by atoms with Crippen LogP contribution in [0, 0.1) is 0 Å². The highest BCUT2D eigenvalue weighted by molar-refractivity contribution is 9.10. The summed E-state index contributed by atoms with van der Waals surface area (Å²) < 4.78 is 1.01. The first-order valence-corrected chi connectivity index (χ1v) is 11.4. The van der Waals surface area contributed by atoms with Crippen LogP contribution >= 0.6 is 15.9 Å². The van der Waals surface area contributed by atoms with Gasteiger partial charge in [-0.3, -0.25) is 9.69 Å². The van der Waals surface area contributed by atoms with E-state index in [1.54, 1.807) is 0 Å². The average molecular weight is 477 g/mol. The third kappa shape index (κ3) is 2.38. The summed E-state index contributed by atoms with van der Waals surface area (Å²) in [5.41, 5.74) is 6.09. The van der Waals surface area contributed by atoms with E-state index >= 15 is 0 Å². The van der Waals surface area contributed by atoms with E-state index in [4.69, 9.17) is 0 Å². The Morgan fingerprint density at radius 2 is 1.59 bits per heavy atom. The van der Waals surface area contributed by atoms with Crippen LogP contribution in [0.2, 0.25) is 0 Å². The highest BCUT2D eigenvalue weighted by Gasteiger charge is 2.40. The maximum absolute atomic E-state index is 13.5. The SMILES string of the molecule is O=C1c2ccc(Br)c3cccc(c23)C2Nc3cc(-c4ccc5ccccc5c4)ccc3N12. The quantitative estimate of drug-likeness (QED) is 0.271. The van der Waals surface area contributed by atoms with Crippen LogP contribution < -0.4 is 10.2 Å². The second-order valence-corrected chi connectivity index (χ2v) is 9.23. The molecule has 5 aromatic carbocycles. The highest BCUT2D eigenvalue weighted by Crippen LogP contribution is 2.49. The third-order valence-corrected chi connectivity index (χ3v) is 7.34. The first kappa shape index (κ1) is 18.0. The fourth-order valence-electron chi connectivity index (χ4n) is 5.14. The number of amides is 1. The van der Waals surface area contributed by atoms with Gasteiger partial charge in [-0.05, 0) is 57.6 Å². The molecular weight excluding hydrogens is 460 g/mol. The smallest absolute Gasteiger partial charge is 0.260 e. The monoisotopic (exact) mass is 476 g/mol. The van der Waals surface area contributed by atoms with E-state index in [0.29, 0.717) is 0 Å². The molecule has 4 heteroatoms. The largest absolute Gasteiger partial charge is 0.359 e. The van der Waals surface area contributed by atoms with Crippen LogP contribution in [0.1, 0.15) is 22.1 Å². The Labute approximate surface area is 193 Å². The Bertz CT molecular complexity index is 1610. The van der Waals surface area contributed by atoms with Crippen molar-refractivity contribution in [3.63, 3.8) is 0 Å². The van der Waals surface area contributed by atoms with Gasteiger partial charge < -0.3 is 5.32 Å². The van der Waals surface area contributed by atoms with Gasteiger partial charge in [0.2, 0.25) is 0 Å². The fourth-order valence-corrected chi connectivity index (χ4v) is 5.60. The summed E-state index contributed by atoms with van der Waals surface area (Å²) in [5.74, 6) is 0.0379. The second-order valence-electron chi connectivity index (χ2n) is 8.38. The van der Waals surface area contributed by atoms with Crippen LogP contribution in [0.3, 0.4) is 0 Å². The molecule has 1 amide bonds. The minimum absolute atomic E-state index is 0.0379. The third-order valence-electron chi connectivity index (χ3n) is 6.65. The summed E-state index contributed by atoms with van der Waals surface area (Å²) in [4.78, 5) is 15.4. The number of hydrogen-bond donors (Lipinski definition) is 1. The standard InChI is InChI=1S/C28H17BrN2O/c29-23-12-11-22-26-20(23)6-3-7-21(26)27-30-24-15-19(10-13-25(24)31(27)28(22)32)18-9-8-16-4-1-2-5-17(16)14-18/h1-15,27,30H. The van der Waals surface area contributed by atoms with Gasteiger partial charge >= 0.3 is 0 Å². The molecule has 0 fully saturated rings. The van der Waals surface area contributed by atoms with Crippen LogP contribution in [-0.2, 0) is 0 Å². The lowest BCUT2D eigenvalue weighted by molar-refractivity contribution is 0.0980. The molecule has 3 nitrogen and oxygen atoms in total. The number of hydrogen-bond acceptors (Lipinski definition) is 2. The van der Waals surface area contributed by atoms with Crippen molar-refractivity contribution in [3.05, 3.63) is 107 Å². The molecule has 152 valence electrons. The van der Waals surface area contributed by atoms with Crippen LogP contribution in [0.15, 0.2) is 95.5 Å². The van der Waals surface area contributed by atoms with Crippen LogP contribution in [-0.4, -0.2) is 5.91 Å². The lowest BCUT2D eigenvalue weighted by Gasteiger charge is -2.31. The minimum atomic E-state index is -0.199. The van der Waals surface area contributed by atoms with Crippen molar-refractivity contribution in [1.29, 1.82) is 0 Å². The molecule has 7 rings (SSSR count). The summed E-state index contributed by atoms with van der Waals surface area (Å²) in [7, 11) is 0. The zero-order valence-electron chi connectivity index (χ0n) is 17.0. The summed E-state index contributed by atoms with van der Waals surface area (Å²) in [6, 6.07) is 31.4. The Hall–Kier alpha value is -3.63. The topological polar surface area (TPSA) is 32.3 Å². The predicted molar refractivity (Wildman–Crippen MR) is 134 cm³/mol. The van der Waals surface area contributed by atoms with Gasteiger partial charge in [-0.15, -0.1) is 0 Å². The normalized spacial score (nSPS) is 16.2. The maximum Gasteiger partial charge on any atom is 0.260 e. The van der Waals surface area contributed by atoms with Gasteiger partial charge in [0.05, 0.1) is 11.4 Å². The summed E-state index contributed by atoms with van der Waals surface area (Å²) >= 11 is 3.65. The Balaban J connectivity index is 1.37. The molecule has 32 heavy (non-hydrogen) atoms. The lowest BCUT2D eigenvalue weighted by atomic mass is 9.93. The number of halogens is 1. The molecule has 0 aromatic heterocycles. The van der Waals surface area contributed by atoms with E-state index in [-0.39, 0.29) is 12.1 Å². The number of anilines is 2. The van der Waals surface area contributed by atoms with E-state index in [2.05, 4.69) is 100 Å². The highest BCUT2D eigenvalue weighted by atomic mass is 79.9. The Morgan fingerprint density at radius 1 is 0.781 bits per heavy atom. The molecule has 2 aliphatic heterocycles. The van der Waals surface area contributed by atoms with Crippen molar-refractivity contribution in [1.82, 2.24) is 0 Å². The van der Waals surface area contributed by atoms with Crippen molar-refractivity contribution in [2.24, 2.45) is 0 Å². The number of fused-ring (bicyclic) bond motifs is 5. The first-order valence-electron chi connectivity index (χ1n) is 10.6. The van der Waals surface area contributed by atoms with Gasteiger partial charge in [0.1, 0.15) is 6.17 Å². The number of carbonyl (C=O) groups excluding carboxylic acids is 1. The van der Waals surface area contributed by atoms with E-state index in [0.717, 1.165) is 43.3 Å². The van der Waals surface area contributed by atoms with Crippen LogP contribution in [0.4, 0.5) is 11.4 Å². The molecular formula is C28H17BrN2O. The number of benzene rings is 5. The van der Waals surface area contributed by atoms with E-state index in [9.17, 15) is 4.79 Å². The summed E-state index contributed by atoms with van der Waals surface area (Å²) in [6.45, 7) is 0. The molecule has 0 aliphatic carbocycles.